The van der Waals surface area contributed by atoms with Gasteiger partial charge in [-0.25, -0.2) is 0 Å². The van der Waals surface area contributed by atoms with Crippen LogP contribution in [0.25, 0.3) is 0 Å². The Hall–Kier alpha value is -1.24. The van der Waals surface area contributed by atoms with Crippen LogP contribution in [0.4, 0.5) is 0 Å². The predicted molar refractivity (Wildman–Crippen MR) is 78.1 cm³/mol. The van der Waals surface area contributed by atoms with Crippen LogP contribution in [0.15, 0.2) is 17.5 Å². The summed E-state index contributed by atoms with van der Waals surface area (Å²) in [6.45, 7) is 4.47. The third kappa shape index (κ3) is 3.88. The standard InChI is InChI=1S/C14H20N2O3S/c1-2-5-15-14(18)11-10-19-7-6-16(11)9-12(17)13-4-3-8-20-13/h3-4,8,11H,2,5-7,9-10H2,1H3,(H,15,18). The lowest BCUT2D eigenvalue weighted by atomic mass is 10.2. The highest BCUT2D eigenvalue weighted by molar-refractivity contribution is 7.12. The molecule has 5 nitrogen and oxygen atoms in total. The molecule has 20 heavy (non-hydrogen) atoms. The molecule has 6 heteroatoms. The molecule has 1 aromatic heterocycles. The molecule has 1 aromatic rings. The van der Waals surface area contributed by atoms with Gasteiger partial charge in [-0.2, -0.15) is 0 Å². The first-order valence-corrected chi connectivity index (χ1v) is 7.76. The van der Waals surface area contributed by atoms with Gasteiger partial charge in [-0.15, -0.1) is 11.3 Å². The second kappa shape index (κ2) is 7.52. The zero-order valence-corrected chi connectivity index (χ0v) is 12.4. The van der Waals surface area contributed by atoms with Crippen molar-refractivity contribution in [1.82, 2.24) is 10.2 Å². The smallest absolute Gasteiger partial charge is 0.239 e. The molecule has 0 spiro atoms. The Labute approximate surface area is 122 Å². The fraction of sp³-hybridized carbons (Fsp3) is 0.571. The Kier molecular flexibility index (Phi) is 5.70. The fourth-order valence-electron chi connectivity index (χ4n) is 2.13. The maximum absolute atomic E-state index is 12.2. The molecule has 1 saturated heterocycles. The van der Waals surface area contributed by atoms with Gasteiger partial charge in [0.25, 0.3) is 0 Å². The molecule has 1 N–H and O–H groups in total. The Balaban J connectivity index is 1.96. The van der Waals surface area contributed by atoms with E-state index in [-0.39, 0.29) is 24.3 Å². The van der Waals surface area contributed by atoms with Gasteiger partial charge in [0.15, 0.2) is 5.78 Å². The normalized spacial score (nSPS) is 19.8. The van der Waals surface area contributed by atoms with Crippen LogP contribution in [0.2, 0.25) is 0 Å². The maximum Gasteiger partial charge on any atom is 0.239 e. The van der Waals surface area contributed by atoms with Crippen LogP contribution in [-0.4, -0.2) is 55.5 Å². The summed E-state index contributed by atoms with van der Waals surface area (Å²) in [6, 6.07) is 3.32. The topological polar surface area (TPSA) is 58.6 Å². The molecule has 1 atom stereocenters. The highest BCUT2D eigenvalue weighted by atomic mass is 32.1. The van der Waals surface area contributed by atoms with Gasteiger partial charge < -0.3 is 10.1 Å². The van der Waals surface area contributed by atoms with Crippen molar-refractivity contribution in [3.8, 4) is 0 Å². The summed E-state index contributed by atoms with van der Waals surface area (Å²) in [5, 5.41) is 4.76. The van der Waals surface area contributed by atoms with Gasteiger partial charge in [0.2, 0.25) is 5.91 Å². The second-order valence-electron chi connectivity index (χ2n) is 4.75. The van der Waals surface area contributed by atoms with Crippen molar-refractivity contribution < 1.29 is 14.3 Å². The van der Waals surface area contributed by atoms with Crippen LogP contribution in [0.5, 0.6) is 0 Å². The molecule has 0 aliphatic carbocycles. The number of morpholine rings is 1. The van der Waals surface area contributed by atoms with Crippen LogP contribution in [0.1, 0.15) is 23.0 Å². The first kappa shape index (κ1) is 15.2. The van der Waals surface area contributed by atoms with Crippen LogP contribution >= 0.6 is 11.3 Å². The van der Waals surface area contributed by atoms with Gasteiger partial charge >= 0.3 is 0 Å². The molecule has 0 radical (unpaired) electrons. The number of ketones is 1. The molecule has 1 aliphatic rings. The first-order valence-electron chi connectivity index (χ1n) is 6.88. The van der Waals surface area contributed by atoms with E-state index < -0.39 is 0 Å². The summed E-state index contributed by atoms with van der Waals surface area (Å²) in [5.74, 6) is 0.0146. The van der Waals surface area contributed by atoms with Crippen molar-refractivity contribution in [2.24, 2.45) is 0 Å². The summed E-state index contributed by atoms with van der Waals surface area (Å²) < 4.78 is 5.37. The Morgan fingerprint density at radius 3 is 3.10 bits per heavy atom. The van der Waals surface area contributed by atoms with Crippen molar-refractivity contribution in [1.29, 1.82) is 0 Å². The molecular formula is C14H20N2O3S. The number of carbonyl (C=O) groups is 2. The molecule has 1 fully saturated rings. The quantitative estimate of drug-likeness (QED) is 0.800. The number of amides is 1. The average Bonchev–Trinajstić information content (AvgIpc) is 2.99. The third-order valence-electron chi connectivity index (χ3n) is 3.23. The van der Waals surface area contributed by atoms with Crippen LogP contribution in [0.3, 0.4) is 0 Å². The minimum absolute atomic E-state index is 0.0504. The van der Waals surface area contributed by atoms with Crippen molar-refractivity contribution in [3.05, 3.63) is 22.4 Å². The number of Topliss-reactive ketones (excluding diaryl/α,β-unsaturated/α-hetero) is 1. The predicted octanol–water partition coefficient (Wildman–Crippen LogP) is 1.16. The number of rotatable bonds is 6. The molecule has 2 rings (SSSR count). The lowest BCUT2D eigenvalue weighted by Crippen LogP contribution is -2.55. The lowest BCUT2D eigenvalue weighted by molar-refractivity contribution is -0.132. The SMILES string of the molecule is CCCNC(=O)C1COCCN1CC(=O)c1cccs1. The number of nitrogens with one attached hydrogen (secondary N) is 1. The number of hydrogen-bond donors (Lipinski definition) is 1. The van der Waals surface area contributed by atoms with Gasteiger partial charge in [0, 0.05) is 13.1 Å². The summed E-state index contributed by atoms with van der Waals surface area (Å²) in [4.78, 5) is 26.9. The molecule has 0 saturated carbocycles. The molecule has 1 aliphatic heterocycles. The van der Waals surface area contributed by atoms with Crippen LogP contribution in [-0.2, 0) is 9.53 Å². The van der Waals surface area contributed by atoms with Gasteiger partial charge in [-0.1, -0.05) is 13.0 Å². The number of carbonyl (C=O) groups excluding carboxylic acids is 2. The third-order valence-corrected chi connectivity index (χ3v) is 4.14. The maximum atomic E-state index is 12.2. The Bertz CT molecular complexity index is 447. The minimum atomic E-state index is -0.362. The van der Waals surface area contributed by atoms with Gasteiger partial charge in [0.1, 0.15) is 6.04 Å². The van der Waals surface area contributed by atoms with Crippen LogP contribution in [0, 0.1) is 0 Å². The zero-order chi connectivity index (χ0) is 14.4. The molecular weight excluding hydrogens is 276 g/mol. The van der Waals surface area contributed by atoms with Crippen LogP contribution < -0.4 is 5.32 Å². The number of thiophene rings is 1. The summed E-state index contributed by atoms with van der Waals surface area (Å²) >= 11 is 1.44. The van der Waals surface area contributed by atoms with E-state index in [2.05, 4.69) is 5.32 Å². The van der Waals surface area contributed by atoms with E-state index in [0.29, 0.717) is 26.3 Å². The van der Waals surface area contributed by atoms with E-state index in [9.17, 15) is 9.59 Å². The van der Waals surface area contributed by atoms with Crippen molar-refractivity contribution in [2.75, 3.05) is 32.8 Å². The van der Waals surface area contributed by atoms with E-state index >= 15 is 0 Å². The summed E-state index contributed by atoms with van der Waals surface area (Å²) in [5.41, 5.74) is 0. The summed E-state index contributed by atoms with van der Waals surface area (Å²) in [6.07, 6.45) is 0.896. The lowest BCUT2D eigenvalue weighted by Gasteiger charge is -2.33. The van der Waals surface area contributed by atoms with Gasteiger partial charge in [0.05, 0.1) is 24.6 Å². The van der Waals surface area contributed by atoms with Crippen molar-refractivity contribution in [2.45, 2.75) is 19.4 Å². The highest BCUT2D eigenvalue weighted by Gasteiger charge is 2.30. The van der Waals surface area contributed by atoms with E-state index in [4.69, 9.17) is 4.74 Å². The van der Waals surface area contributed by atoms with Crippen molar-refractivity contribution in [3.63, 3.8) is 0 Å². The van der Waals surface area contributed by atoms with Crippen molar-refractivity contribution >= 4 is 23.0 Å². The fourth-order valence-corrected chi connectivity index (χ4v) is 2.79. The number of ether oxygens (including phenoxy) is 1. The molecule has 0 bridgehead atoms. The number of hydrogen-bond acceptors (Lipinski definition) is 5. The molecule has 110 valence electrons. The largest absolute Gasteiger partial charge is 0.378 e. The zero-order valence-electron chi connectivity index (χ0n) is 11.6. The molecule has 2 heterocycles. The summed E-state index contributed by atoms with van der Waals surface area (Å²) in [7, 11) is 0. The van der Waals surface area contributed by atoms with Gasteiger partial charge in [-0.3, -0.25) is 14.5 Å². The minimum Gasteiger partial charge on any atom is -0.378 e. The molecule has 0 aromatic carbocycles. The van der Waals surface area contributed by atoms with E-state index in [1.807, 2.05) is 29.3 Å². The average molecular weight is 296 g/mol. The Morgan fingerprint density at radius 1 is 1.55 bits per heavy atom. The van der Waals surface area contributed by atoms with E-state index in [0.717, 1.165) is 11.3 Å². The molecule has 1 unspecified atom stereocenters. The molecule has 1 amide bonds. The Morgan fingerprint density at radius 2 is 2.40 bits per heavy atom. The van der Waals surface area contributed by atoms with E-state index in [1.165, 1.54) is 11.3 Å². The van der Waals surface area contributed by atoms with Gasteiger partial charge in [-0.05, 0) is 17.9 Å². The first-order chi connectivity index (χ1) is 9.72. The monoisotopic (exact) mass is 296 g/mol. The highest BCUT2D eigenvalue weighted by Crippen LogP contribution is 2.13. The second-order valence-corrected chi connectivity index (χ2v) is 5.70. The number of nitrogens with zero attached hydrogens (tertiary/aromatic N) is 1. The van der Waals surface area contributed by atoms with E-state index in [1.54, 1.807) is 0 Å².